The number of rotatable bonds is 5. The monoisotopic (exact) mass is 273 g/mol. The minimum Gasteiger partial charge on any atom is -0.322 e. The molecule has 0 aliphatic heterocycles. The first-order valence-electron chi connectivity index (χ1n) is 7.11. The van der Waals surface area contributed by atoms with Gasteiger partial charge in [-0.05, 0) is 31.4 Å². The largest absolute Gasteiger partial charge is 0.328 e. The summed E-state index contributed by atoms with van der Waals surface area (Å²) in [6.07, 6.45) is 4.61. The van der Waals surface area contributed by atoms with Gasteiger partial charge in [0.2, 0.25) is 0 Å². The fourth-order valence-corrected chi connectivity index (χ4v) is 2.56. The first-order valence-corrected chi connectivity index (χ1v) is 7.11. The molecule has 2 rings (SSSR count). The number of hydrogen-bond acceptors (Lipinski definition) is 2. The van der Waals surface area contributed by atoms with Gasteiger partial charge in [-0.25, -0.2) is 4.79 Å². The summed E-state index contributed by atoms with van der Waals surface area (Å²) in [4.78, 5) is 12.1. The third-order valence-electron chi connectivity index (χ3n) is 3.60. The predicted molar refractivity (Wildman–Crippen MR) is 81.8 cm³/mol. The Labute approximate surface area is 119 Å². The Morgan fingerprint density at radius 3 is 2.55 bits per heavy atom. The minimum absolute atomic E-state index is 0.0204. The fourth-order valence-electron chi connectivity index (χ4n) is 2.56. The zero-order chi connectivity index (χ0) is 14.7. The van der Waals surface area contributed by atoms with E-state index in [1.54, 1.807) is 9.13 Å². The van der Waals surface area contributed by atoms with E-state index in [9.17, 15) is 4.79 Å². The fraction of sp³-hybridized carbons (Fsp3) is 0.438. The zero-order valence-corrected chi connectivity index (χ0v) is 12.5. The highest BCUT2D eigenvalue weighted by Gasteiger charge is 2.12. The number of benzene rings is 1. The van der Waals surface area contributed by atoms with Crippen LogP contribution in [0.3, 0.4) is 0 Å². The van der Waals surface area contributed by atoms with Gasteiger partial charge in [-0.2, -0.15) is 0 Å². The Balaban J connectivity index is 2.19. The van der Waals surface area contributed by atoms with Gasteiger partial charge in [0.25, 0.3) is 0 Å². The van der Waals surface area contributed by atoms with Gasteiger partial charge in [0.15, 0.2) is 0 Å². The van der Waals surface area contributed by atoms with Crippen LogP contribution >= 0.6 is 0 Å². The van der Waals surface area contributed by atoms with Crippen LogP contribution in [0.1, 0.15) is 36.1 Å². The van der Waals surface area contributed by atoms with Crippen LogP contribution in [-0.4, -0.2) is 9.13 Å². The van der Waals surface area contributed by atoms with Crippen molar-refractivity contribution in [3.63, 3.8) is 0 Å². The number of aromatic nitrogens is 2. The number of aryl methyl sites for hydroxylation is 3. The normalized spacial score (nSPS) is 12.6. The standard InChI is InChI=1S/C16H23N3O/c1-4-7-18-8-9-19(16(18)20)11-15(17)14-6-5-12(2)10-13(14)3/h5-6,8-10,15H,4,7,11,17H2,1-3H3. The Kier molecular flexibility index (Phi) is 4.45. The summed E-state index contributed by atoms with van der Waals surface area (Å²) in [5, 5.41) is 0. The lowest BCUT2D eigenvalue weighted by atomic mass is 10.00. The van der Waals surface area contributed by atoms with Crippen molar-refractivity contribution in [1.29, 1.82) is 0 Å². The molecule has 108 valence electrons. The van der Waals surface area contributed by atoms with Gasteiger partial charge in [0, 0.05) is 31.5 Å². The van der Waals surface area contributed by atoms with Gasteiger partial charge < -0.3 is 5.73 Å². The third kappa shape index (κ3) is 3.02. The second kappa shape index (κ2) is 6.09. The number of hydrogen-bond donors (Lipinski definition) is 1. The van der Waals surface area contributed by atoms with Crippen molar-refractivity contribution >= 4 is 0 Å². The molecule has 0 radical (unpaired) electrons. The molecule has 0 aliphatic carbocycles. The van der Waals surface area contributed by atoms with E-state index in [0.29, 0.717) is 6.54 Å². The van der Waals surface area contributed by atoms with Crippen LogP contribution in [0.15, 0.2) is 35.4 Å². The van der Waals surface area contributed by atoms with Crippen LogP contribution in [0.4, 0.5) is 0 Å². The molecule has 0 aliphatic rings. The van der Waals surface area contributed by atoms with Crippen molar-refractivity contribution in [3.8, 4) is 0 Å². The number of nitrogens with two attached hydrogens (primary N) is 1. The molecule has 4 nitrogen and oxygen atoms in total. The maximum atomic E-state index is 12.1. The van der Waals surface area contributed by atoms with Crippen LogP contribution in [-0.2, 0) is 13.1 Å². The number of nitrogens with zero attached hydrogens (tertiary/aromatic N) is 2. The van der Waals surface area contributed by atoms with Crippen molar-refractivity contribution in [2.45, 2.75) is 46.3 Å². The van der Waals surface area contributed by atoms with E-state index in [4.69, 9.17) is 5.73 Å². The highest BCUT2D eigenvalue weighted by molar-refractivity contribution is 5.32. The van der Waals surface area contributed by atoms with Crippen LogP contribution in [0.2, 0.25) is 0 Å². The van der Waals surface area contributed by atoms with Gasteiger partial charge in [-0.15, -0.1) is 0 Å². The van der Waals surface area contributed by atoms with E-state index in [1.165, 1.54) is 11.1 Å². The Morgan fingerprint density at radius 2 is 1.90 bits per heavy atom. The third-order valence-corrected chi connectivity index (χ3v) is 3.60. The summed E-state index contributed by atoms with van der Waals surface area (Å²) in [5.41, 5.74) is 9.79. The molecule has 20 heavy (non-hydrogen) atoms. The summed E-state index contributed by atoms with van der Waals surface area (Å²) in [6.45, 7) is 7.46. The molecular weight excluding hydrogens is 250 g/mol. The Bertz CT molecular complexity index is 639. The summed E-state index contributed by atoms with van der Waals surface area (Å²) in [5.74, 6) is 0. The molecule has 2 aromatic rings. The van der Waals surface area contributed by atoms with Crippen LogP contribution in [0, 0.1) is 13.8 Å². The van der Waals surface area contributed by atoms with E-state index in [-0.39, 0.29) is 11.7 Å². The van der Waals surface area contributed by atoms with Crippen molar-refractivity contribution < 1.29 is 0 Å². The maximum Gasteiger partial charge on any atom is 0.328 e. The van der Waals surface area contributed by atoms with E-state index in [1.807, 2.05) is 12.4 Å². The average Bonchev–Trinajstić information content (AvgIpc) is 2.72. The smallest absolute Gasteiger partial charge is 0.322 e. The SMILES string of the molecule is CCCn1ccn(CC(N)c2ccc(C)cc2C)c1=O. The van der Waals surface area contributed by atoms with Crippen LogP contribution in [0.25, 0.3) is 0 Å². The van der Waals surface area contributed by atoms with Crippen molar-refractivity contribution in [2.24, 2.45) is 5.73 Å². The van der Waals surface area contributed by atoms with E-state index >= 15 is 0 Å². The highest BCUT2D eigenvalue weighted by Crippen LogP contribution is 2.18. The molecule has 1 unspecified atom stereocenters. The van der Waals surface area contributed by atoms with Crippen LogP contribution < -0.4 is 11.4 Å². The minimum atomic E-state index is -0.161. The topological polar surface area (TPSA) is 52.9 Å². The molecule has 0 amide bonds. The summed E-state index contributed by atoms with van der Waals surface area (Å²) in [6, 6.07) is 6.09. The maximum absolute atomic E-state index is 12.1. The van der Waals surface area contributed by atoms with Gasteiger partial charge in [-0.1, -0.05) is 30.7 Å². The highest BCUT2D eigenvalue weighted by atomic mass is 16.1. The van der Waals surface area contributed by atoms with Crippen molar-refractivity contribution in [2.75, 3.05) is 0 Å². The molecule has 0 spiro atoms. The average molecular weight is 273 g/mol. The zero-order valence-electron chi connectivity index (χ0n) is 12.5. The first-order chi connectivity index (χ1) is 9.52. The summed E-state index contributed by atoms with van der Waals surface area (Å²) >= 11 is 0. The molecule has 0 bridgehead atoms. The van der Waals surface area contributed by atoms with E-state index in [0.717, 1.165) is 18.5 Å². The Morgan fingerprint density at radius 1 is 1.20 bits per heavy atom. The van der Waals surface area contributed by atoms with Gasteiger partial charge in [-0.3, -0.25) is 9.13 Å². The lowest BCUT2D eigenvalue weighted by Crippen LogP contribution is -2.28. The second-order valence-electron chi connectivity index (χ2n) is 5.39. The van der Waals surface area contributed by atoms with Crippen LogP contribution in [0.5, 0.6) is 0 Å². The first kappa shape index (κ1) is 14.6. The van der Waals surface area contributed by atoms with Gasteiger partial charge in [0.1, 0.15) is 0 Å². The molecule has 1 aromatic heterocycles. The Hall–Kier alpha value is -1.81. The molecule has 0 saturated carbocycles. The van der Waals surface area contributed by atoms with Crippen molar-refractivity contribution in [3.05, 3.63) is 57.8 Å². The molecule has 0 saturated heterocycles. The molecule has 4 heteroatoms. The molecule has 2 N–H and O–H groups in total. The molecule has 1 aromatic carbocycles. The second-order valence-corrected chi connectivity index (χ2v) is 5.39. The molecule has 1 heterocycles. The summed E-state index contributed by atoms with van der Waals surface area (Å²) < 4.78 is 3.42. The van der Waals surface area contributed by atoms with E-state index in [2.05, 4.69) is 39.0 Å². The predicted octanol–water partition coefficient (Wildman–Crippen LogP) is 2.38. The molecular formula is C16H23N3O. The lowest BCUT2D eigenvalue weighted by molar-refractivity contribution is 0.539. The lowest BCUT2D eigenvalue weighted by Gasteiger charge is -2.15. The van der Waals surface area contributed by atoms with Gasteiger partial charge >= 0.3 is 5.69 Å². The van der Waals surface area contributed by atoms with E-state index < -0.39 is 0 Å². The van der Waals surface area contributed by atoms with Crippen molar-refractivity contribution in [1.82, 2.24) is 9.13 Å². The quantitative estimate of drug-likeness (QED) is 0.909. The molecule has 0 fully saturated rings. The van der Waals surface area contributed by atoms with Gasteiger partial charge in [0.05, 0.1) is 0 Å². The molecule has 1 atom stereocenters. The number of imidazole rings is 1. The summed E-state index contributed by atoms with van der Waals surface area (Å²) in [7, 11) is 0.